The van der Waals surface area contributed by atoms with Crippen molar-refractivity contribution in [3.05, 3.63) is 46.4 Å². The van der Waals surface area contributed by atoms with Crippen LogP contribution in [0.5, 0.6) is 0 Å². The highest BCUT2D eigenvalue weighted by Gasteiger charge is 2.13. The third-order valence-corrected chi connectivity index (χ3v) is 2.79. The molecule has 2 rings (SSSR count). The lowest BCUT2D eigenvalue weighted by Crippen LogP contribution is -2.13. The molecule has 1 heterocycles. The maximum atomic E-state index is 11.9. The molecule has 1 aromatic heterocycles. The minimum Gasteiger partial charge on any atom is -0.440 e. The number of benzene rings is 1. The zero-order chi connectivity index (χ0) is 13.3. The van der Waals surface area contributed by atoms with Crippen molar-refractivity contribution >= 4 is 28.9 Å². The second-order valence-electron chi connectivity index (χ2n) is 4.09. The van der Waals surface area contributed by atoms with E-state index in [0.717, 1.165) is 16.8 Å². The minimum atomic E-state index is -0.335. The Labute approximate surface area is 110 Å². The summed E-state index contributed by atoms with van der Waals surface area (Å²) in [5.74, 6) is -0.159. The molecule has 0 aliphatic carbocycles. The number of carbonyl (C=O) groups is 1. The summed E-state index contributed by atoms with van der Waals surface area (Å²) in [6.45, 7) is 3.77. The summed E-state index contributed by atoms with van der Waals surface area (Å²) >= 11 is 5.63. The van der Waals surface area contributed by atoms with Crippen LogP contribution < -0.4 is 11.1 Å². The molecule has 0 aliphatic rings. The molecule has 3 N–H and O–H groups in total. The molecule has 5 heteroatoms. The summed E-state index contributed by atoms with van der Waals surface area (Å²) < 4.78 is 5.05. The fourth-order valence-electron chi connectivity index (χ4n) is 1.81. The van der Waals surface area contributed by atoms with Crippen molar-refractivity contribution in [3.8, 4) is 0 Å². The van der Waals surface area contributed by atoms with Crippen LogP contribution in [0.25, 0.3) is 0 Å². The van der Waals surface area contributed by atoms with Crippen LogP contribution in [0.1, 0.15) is 21.7 Å². The molecule has 0 spiro atoms. The van der Waals surface area contributed by atoms with Gasteiger partial charge in [-0.25, -0.2) is 0 Å². The van der Waals surface area contributed by atoms with Gasteiger partial charge in [0.05, 0.1) is 0 Å². The number of hydrogen-bond acceptors (Lipinski definition) is 3. The molecule has 0 saturated heterocycles. The van der Waals surface area contributed by atoms with Gasteiger partial charge in [-0.2, -0.15) is 0 Å². The van der Waals surface area contributed by atoms with Gasteiger partial charge in [-0.15, -0.1) is 0 Å². The molecule has 1 amide bonds. The number of nitrogen functional groups attached to an aromatic ring is 1. The van der Waals surface area contributed by atoms with Crippen LogP contribution in [0, 0.1) is 13.8 Å². The molecule has 0 atom stereocenters. The van der Waals surface area contributed by atoms with E-state index < -0.39 is 0 Å². The first-order valence-corrected chi connectivity index (χ1v) is 5.78. The second kappa shape index (κ2) is 4.74. The van der Waals surface area contributed by atoms with Crippen molar-refractivity contribution in [2.24, 2.45) is 0 Å². The number of nitrogens with one attached hydrogen (secondary N) is 1. The first kappa shape index (κ1) is 12.5. The molecule has 2 aromatic rings. The van der Waals surface area contributed by atoms with E-state index in [-0.39, 0.29) is 16.9 Å². The molecule has 0 fully saturated rings. The van der Waals surface area contributed by atoms with Gasteiger partial charge in [-0.05, 0) is 60.8 Å². The molecule has 18 heavy (non-hydrogen) atoms. The third-order valence-electron chi connectivity index (χ3n) is 2.59. The van der Waals surface area contributed by atoms with Crippen molar-refractivity contribution in [2.75, 3.05) is 11.1 Å². The molecule has 0 saturated carbocycles. The van der Waals surface area contributed by atoms with E-state index in [1.165, 1.54) is 12.1 Å². The summed E-state index contributed by atoms with van der Waals surface area (Å²) in [4.78, 5) is 11.9. The number of rotatable bonds is 2. The fraction of sp³-hybridized carbons (Fsp3) is 0.154. The Kier molecular flexibility index (Phi) is 3.30. The van der Waals surface area contributed by atoms with Gasteiger partial charge >= 0.3 is 0 Å². The largest absolute Gasteiger partial charge is 0.440 e. The van der Waals surface area contributed by atoms with E-state index in [1.54, 1.807) is 12.1 Å². The number of amides is 1. The lowest BCUT2D eigenvalue weighted by atomic mass is 10.1. The van der Waals surface area contributed by atoms with Crippen LogP contribution in [0.2, 0.25) is 5.22 Å². The monoisotopic (exact) mass is 264 g/mol. The normalized spacial score (nSPS) is 10.4. The number of aryl methyl sites for hydroxylation is 2. The van der Waals surface area contributed by atoms with Crippen molar-refractivity contribution in [3.63, 3.8) is 0 Å². The van der Waals surface area contributed by atoms with Crippen LogP contribution in [0.15, 0.2) is 28.7 Å². The summed E-state index contributed by atoms with van der Waals surface area (Å²) in [7, 11) is 0. The van der Waals surface area contributed by atoms with Crippen molar-refractivity contribution in [1.82, 2.24) is 0 Å². The Balaban J connectivity index is 2.27. The Morgan fingerprint density at radius 3 is 2.39 bits per heavy atom. The van der Waals surface area contributed by atoms with Crippen molar-refractivity contribution in [1.29, 1.82) is 0 Å². The van der Waals surface area contributed by atoms with Gasteiger partial charge in [-0.3, -0.25) is 4.79 Å². The minimum absolute atomic E-state index is 0.177. The highest BCUT2D eigenvalue weighted by Crippen LogP contribution is 2.24. The number of hydrogen-bond donors (Lipinski definition) is 2. The molecule has 0 radical (unpaired) electrons. The molecule has 0 bridgehead atoms. The smallest absolute Gasteiger partial charge is 0.291 e. The Morgan fingerprint density at radius 2 is 1.89 bits per heavy atom. The van der Waals surface area contributed by atoms with E-state index >= 15 is 0 Å². The lowest BCUT2D eigenvalue weighted by Gasteiger charge is -2.11. The number of halogens is 1. The molecule has 0 unspecified atom stereocenters. The highest BCUT2D eigenvalue weighted by atomic mass is 35.5. The molecule has 1 aromatic carbocycles. The zero-order valence-corrected chi connectivity index (χ0v) is 10.8. The standard InChI is InChI=1S/C13H13ClN2O2/c1-7-5-9(15)6-8(2)12(7)16-13(17)10-3-4-11(14)18-10/h3-6H,15H2,1-2H3,(H,16,17). The van der Waals surface area contributed by atoms with E-state index in [1.807, 2.05) is 13.8 Å². The fourth-order valence-corrected chi connectivity index (χ4v) is 1.95. The summed E-state index contributed by atoms with van der Waals surface area (Å²) in [5, 5.41) is 2.97. The maximum absolute atomic E-state index is 11.9. The van der Waals surface area contributed by atoms with Crippen molar-refractivity contribution < 1.29 is 9.21 Å². The predicted octanol–water partition coefficient (Wildman–Crippen LogP) is 3.38. The van der Waals surface area contributed by atoms with E-state index in [4.69, 9.17) is 21.8 Å². The zero-order valence-electron chi connectivity index (χ0n) is 10.1. The first-order chi connectivity index (χ1) is 8.47. The number of anilines is 2. The van der Waals surface area contributed by atoms with Crippen molar-refractivity contribution in [2.45, 2.75) is 13.8 Å². The SMILES string of the molecule is Cc1cc(N)cc(C)c1NC(=O)c1ccc(Cl)o1. The van der Waals surface area contributed by atoms with Crippen LogP contribution >= 0.6 is 11.6 Å². The van der Waals surface area contributed by atoms with Crippen LogP contribution in [0.3, 0.4) is 0 Å². The number of nitrogens with two attached hydrogens (primary N) is 1. The first-order valence-electron chi connectivity index (χ1n) is 5.41. The summed E-state index contributed by atoms with van der Waals surface area (Å²) in [6.07, 6.45) is 0. The Bertz CT molecular complexity index is 582. The summed E-state index contributed by atoms with van der Waals surface area (Å²) in [6, 6.07) is 6.66. The summed E-state index contributed by atoms with van der Waals surface area (Å²) in [5.41, 5.74) is 8.94. The van der Waals surface area contributed by atoms with E-state index in [0.29, 0.717) is 5.69 Å². The highest BCUT2D eigenvalue weighted by molar-refractivity contribution is 6.29. The molecule has 4 nitrogen and oxygen atoms in total. The van der Waals surface area contributed by atoms with E-state index in [2.05, 4.69) is 5.32 Å². The second-order valence-corrected chi connectivity index (χ2v) is 4.46. The predicted molar refractivity (Wildman–Crippen MR) is 72.0 cm³/mol. The number of furan rings is 1. The van der Waals surface area contributed by atoms with Gasteiger partial charge in [0.15, 0.2) is 11.0 Å². The van der Waals surface area contributed by atoms with Gasteiger partial charge in [0.2, 0.25) is 0 Å². The average Bonchev–Trinajstić information content (AvgIpc) is 2.70. The Hall–Kier alpha value is -1.94. The topological polar surface area (TPSA) is 68.3 Å². The van der Waals surface area contributed by atoms with Crippen LogP contribution in [-0.2, 0) is 0 Å². The van der Waals surface area contributed by atoms with E-state index in [9.17, 15) is 4.79 Å². The lowest BCUT2D eigenvalue weighted by molar-refractivity contribution is 0.0996. The van der Waals surface area contributed by atoms with Crippen LogP contribution in [-0.4, -0.2) is 5.91 Å². The van der Waals surface area contributed by atoms with Crippen LogP contribution in [0.4, 0.5) is 11.4 Å². The van der Waals surface area contributed by atoms with Gasteiger partial charge < -0.3 is 15.5 Å². The Morgan fingerprint density at radius 1 is 1.28 bits per heavy atom. The van der Waals surface area contributed by atoms with Gasteiger partial charge in [0.25, 0.3) is 5.91 Å². The molecular formula is C13H13ClN2O2. The van der Waals surface area contributed by atoms with Gasteiger partial charge in [0.1, 0.15) is 0 Å². The quantitative estimate of drug-likeness (QED) is 0.817. The molecule has 0 aliphatic heterocycles. The third kappa shape index (κ3) is 2.49. The molecular weight excluding hydrogens is 252 g/mol. The average molecular weight is 265 g/mol. The van der Waals surface area contributed by atoms with Gasteiger partial charge in [-0.1, -0.05) is 0 Å². The van der Waals surface area contributed by atoms with Gasteiger partial charge in [0, 0.05) is 11.4 Å². The number of carbonyl (C=O) groups excluding carboxylic acids is 1. The maximum Gasteiger partial charge on any atom is 0.291 e. The molecule has 94 valence electrons.